The van der Waals surface area contributed by atoms with Crippen LogP contribution in [0.4, 0.5) is 5.82 Å². The molecule has 0 spiro atoms. The van der Waals surface area contributed by atoms with Crippen LogP contribution in [-0.4, -0.2) is 16.8 Å². The smallest absolute Gasteiger partial charge is 0.231 e. The van der Waals surface area contributed by atoms with E-state index in [4.69, 9.17) is 15.2 Å². The van der Waals surface area contributed by atoms with Gasteiger partial charge in [0, 0.05) is 17.1 Å². The molecule has 3 aromatic rings. The molecule has 20 heavy (non-hydrogen) atoms. The molecular weight excluding hydrogens is 254 g/mol. The minimum absolute atomic E-state index is 0.265. The number of anilines is 1. The van der Waals surface area contributed by atoms with Crippen LogP contribution in [0.2, 0.25) is 0 Å². The van der Waals surface area contributed by atoms with E-state index in [9.17, 15) is 0 Å². The van der Waals surface area contributed by atoms with Crippen molar-refractivity contribution in [3.63, 3.8) is 0 Å². The van der Waals surface area contributed by atoms with E-state index in [0.717, 1.165) is 28.1 Å². The lowest BCUT2D eigenvalue weighted by Gasteiger charge is -2.05. The Morgan fingerprint density at radius 2 is 1.90 bits per heavy atom. The van der Waals surface area contributed by atoms with E-state index in [-0.39, 0.29) is 6.79 Å². The van der Waals surface area contributed by atoms with Gasteiger partial charge in [0.25, 0.3) is 0 Å². The van der Waals surface area contributed by atoms with Crippen molar-refractivity contribution in [2.75, 3.05) is 12.5 Å². The summed E-state index contributed by atoms with van der Waals surface area (Å²) >= 11 is 0. The van der Waals surface area contributed by atoms with Crippen molar-refractivity contribution >= 4 is 16.7 Å². The second-order valence-electron chi connectivity index (χ2n) is 4.53. The highest BCUT2D eigenvalue weighted by Gasteiger charge is 2.14. The molecule has 0 unspecified atom stereocenters. The number of hydrogen-bond donors (Lipinski definition) is 1. The molecule has 1 aliphatic heterocycles. The fourth-order valence-corrected chi connectivity index (χ4v) is 2.29. The van der Waals surface area contributed by atoms with Crippen molar-refractivity contribution in [3.8, 4) is 22.8 Å². The van der Waals surface area contributed by atoms with Crippen molar-refractivity contribution in [1.82, 2.24) is 9.97 Å². The summed E-state index contributed by atoms with van der Waals surface area (Å²) in [7, 11) is 0. The zero-order valence-electron chi connectivity index (χ0n) is 10.5. The molecule has 98 valence electrons. The maximum absolute atomic E-state index is 5.88. The van der Waals surface area contributed by atoms with Crippen molar-refractivity contribution in [1.29, 1.82) is 0 Å². The minimum atomic E-state index is 0.265. The average Bonchev–Trinajstić information content (AvgIpc) is 2.95. The Kier molecular flexibility index (Phi) is 2.26. The molecule has 1 aliphatic rings. The molecular formula is C15H11N3O2. The first-order valence-corrected chi connectivity index (χ1v) is 6.22. The van der Waals surface area contributed by atoms with Gasteiger partial charge in [0.15, 0.2) is 11.5 Å². The second-order valence-corrected chi connectivity index (χ2v) is 4.53. The Balaban J connectivity index is 1.88. The van der Waals surface area contributed by atoms with Crippen LogP contribution in [0.3, 0.4) is 0 Å². The van der Waals surface area contributed by atoms with E-state index >= 15 is 0 Å². The van der Waals surface area contributed by atoms with Gasteiger partial charge < -0.3 is 15.2 Å². The highest BCUT2D eigenvalue weighted by Crippen LogP contribution is 2.35. The molecule has 0 saturated carbocycles. The lowest BCUT2D eigenvalue weighted by molar-refractivity contribution is 0.174. The van der Waals surface area contributed by atoms with E-state index in [1.54, 1.807) is 6.20 Å². The average molecular weight is 265 g/mol. The number of ether oxygens (including phenoxy) is 2. The van der Waals surface area contributed by atoms with E-state index in [2.05, 4.69) is 9.97 Å². The van der Waals surface area contributed by atoms with E-state index in [1.807, 2.05) is 36.4 Å². The van der Waals surface area contributed by atoms with E-state index in [1.165, 1.54) is 0 Å². The first-order chi connectivity index (χ1) is 9.81. The number of nitrogens with two attached hydrogens (primary N) is 1. The lowest BCUT2D eigenvalue weighted by atomic mass is 10.1. The molecule has 3 heterocycles. The Morgan fingerprint density at radius 3 is 2.85 bits per heavy atom. The first kappa shape index (κ1) is 11.0. The zero-order valence-corrected chi connectivity index (χ0v) is 10.5. The predicted molar refractivity (Wildman–Crippen MR) is 75.5 cm³/mol. The summed E-state index contributed by atoms with van der Waals surface area (Å²) in [5, 5.41) is 0.974. The highest BCUT2D eigenvalue weighted by molar-refractivity contribution is 5.88. The van der Waals surface area contributed by atoms with Gasteiger partial charge in [0.2, 0.25) is 6.79 Å². The molecule has 0 aliphatic carbocycles. The largest absolute Gasteiger partial charge is 0.454 e. The van der Waals surface area contributed by atoms with Gasteiger partial charge >= 0.3 is 0 Å². The van der Waals surface area contributed by atoms with Crippen molar-refractivity contribution in [3.05, 3.63) is 42.6 Å². The monoisotopic (exact) mass is 265 g/mol. The second kappa shape index (κ2) is 4.09. The molecule has 0 amide bonds. The maximum Gasteiger partial charge on any atom is 0.231 e. The van der Waals surface area contributed by atoms with Gasteiger partial charge in [0.1, 0.15) is 11.3 Å². The highest BCUT2D eigenvalue weighted by atomic mass is 16.7. The Morgan fingerprint density at radius 1 is 1.00 bits per heavy atom. The van der Waals surface area contributed by atoms with Gasteiger partial charge in [0.05, 0.1) is 5.69 Å². The Bertz CT molecular complexity index is 817. The molecule has 0 fully saturated rings. The van der Waals surface area contributed by atoms with E-state index < -0.39 is 0 Å². The van der Waals surface area contributed by atoms with Gasteiger partial charge in [-0.25, -0.2) is 9.97 Å². The molecule has 4 rings (SSSR count). The summed E-state index contributed by atoms with van der Waals surface area (Å²) < 4.78 is 10.7. The third kappa shape index (κ3) is 1.64. The summed E-state index contributed by atoms with van der Waals surface area (Å²) in [5.74, 6) is 1.93. The summed E-state index contributed by atoms with van der Waals surface area (Å²) in [6.45, 7) is 0.265. The molecule has 0 atom stereocenters. The number of benzene rings is 1. The molecule has 2 N–H and O–H groups in total. The zero-order chi connectivity index (χ0) is 13.5. The molecule has 0 bridgehead atoms. The Labute approximate surface area is 115 Å². The van der Waals surface area contributed by atoms with Crippen molar-refractivity contribution < 1.29 is 9.47 Å². The third-order valence-electron chi connectivity index (χ3n) is 3.31. The molecule has 0 radical (unpaired) electrons. The van der Waals surface area contributed by atoms with Crippen LogP contribution in [0.15, 0.2) is 42.6 Å². The predicted octanol–water partition coefficient (Wildman–Crippen LogP) is 2.61. The topological polar surface area (TPSA) is 70.3 Å². The Hall–Kier alpha value is -2.82. The number of hydrogen-bond acceptors (Lipinski definition) is 5. The molecule has 0 saturated heterocycles. The summed E-state index contributed by atoms with van der Waals surface area (Å²) in [5.41, 5.74) is 8.37. The van der Waals surface area contributed by atoms with Gasteiger partial charge in [-0.05, 0) is 30.3 Å². The van der Waals surface area contributed by atoms with Crippen LogP contribution in [0.1, 0.15) is 0 Å². The van der Waals surface area contributed by atoms with Crippen LogP contribution < -0.4 is 15.2 Å². The minimum Gasteiger partial charge on any atom is -0.454 e. The fraction of sp³-hybridized carbons (Fsp3) is 0.0667. The van der Waals surface area contributed by atoms with Crippen molar-refractivity contribution in [2.45, 2.75) is 0 Å². The van der Waals surface area contributed by atoms with Gasteiger partial charge in [-0.15, -0.1) is 0 Å². The van der Waals surface area contributed by atoms with Crippen LogP contribution in [0.25, 0.3) is 22.2 Å². The molecule has 2 aromatic heterocycles. The number of nitrogens with zero attached hydrogens (tertiary/aromatic N) is 2. The number of rotatable bonds is 1. The quantitative estimate of drug-likeness (QED) is 0.732. The fourth-order valence-electron chi connectivity index (χ4n) is 2.29. The molecule has 5 heteroatoms. The normalized spacial score (nSPS) is 12.8. The number of fused-ring (bicyclic) bond motifs is 2. The first-order valence-electron chi connectivity index (χ1n) is 6.22. The van der Waals surface area contributed by atoms with Crippen LogP contribution in [0.5, 0.6) is 11.5 Å². The number of nitrogen functional groups attached to an aromatic ring is 1. The third-order valence-corrected chi connectivity index (χ3v) is 3.31. The van der Waals surface area contributed by atoms with Gasteiger partial charge in [-0.1, -0.05) is 6.07 Å². The lowest BCUT2D eigenvalue weighted by Crippen LogP contribution is -1.94. The van der Waals surface area contributed by atoms with E-state index in [0.29, 0.717) is 11.3 Å². The van der Waals surface area contributed by atoms with Gasteiger partial charge in [-0.3, -0.25) is 0 Å². The molecule has 5 nitrogen and oxygen atoms in total. The number of pyridine rings is 2. The summed E-state index contributed by atoms with van der Waals surface area (Å²) in [6.07, 6.45) is 1.68. The summed E-state index contributed by atoms with van der Waals surface area (Å²) in [6, 6.07) is 11.6. The van der Waals surface area contributed by atoms with Crippen LogP contribution in [-0.2, 0) is 0 Å². The van der Waals surface area contributed by atoms with Crippen molar-refractivity contribution in [2.24, 2.45) is 0 Å². The summed E-state index contributed by atoms with van der Waals surface area (Å²) in [4.78, 5) is 8.66. The van der Waals surface area contributed by atoms with Crippen LogP contribution >= 0.6 is 0 Å². The van der Waals surface area contributed by atoms with Gasteiger partial charge in [-0.2, -0.15) is 0 Å². The standard InChI is InChI=1S/C15H11N3O2/c16-15-14-9(5-6-17-15)1-3-11(18-14)10-2-4-12-13(7-10)20-8-19-12/h1-7H,8H2,(H2,16,17). The SMILES string of the molecule is Nc1nccc2ccc(-c3ccc4c(c3)OCO4)nc12. The number of aromatic nitrogens is 2. The maximum atomic E-state index is 5.88. The van der Waals surface area contributed by atoms with Crippen LogP contribution in [0, 0.1) is 0 Å². The molecule has 1 aromatic carbocycles.